The van der Waals surface area contributed by atoms with Gasteiger partial charge in [0.25, 0.3) is 0 Å². The average molecular weight is 374 g/mol. The van der Waals surface area contributed by atoms with E-state index in [-0.39, 0.29) is 18.5 Å². The summed E-state index contributed by atoms with van der Waals surface area (Å²) < 4.78 is 16.1. The fourth-order valence-electron chi connectivity index (χ4n) is 6.21. The molecule has 8 atom stereocenters. The Morgan fingerprint density at radius 1 is 1.19 bits per heavy atom. The van der Waals surface area contributed by atoms with Gasteiger partial charge in [-0.05, 0) is 18.9 Å². The van der Waals surface area contributed by atoms with E-state index in [1.807, 2.05) is 6.92 Å². The maximum atomic E-state index is 12.9. The van der Waals surface area contributed by atoms with Crippen molar-refractivity contribution in [2.75, 3.05) is 6.61 Å². The second-order valence-electron chi connectivity index (χ2n) is 8.49. The molecule has 1 spiro atoms. The molecule has 2 aliphatic heterocycles. The van der Waals surface area contributed by atoms with Crippen LogP contribution in [-0.4, -0.2) is 41.0 Å². The van der Waals surface area contributed by atoms with Crippen molar-refractivity contribution in [3.05, 3.63) is 36.3 Å². The molecular formula is C20H22O7. The molecule has 2 N–H and O–H groups in total. The maximum absolute atomic E-state index is 12.9. The zero-order valence-corrected chi connectivity index (χ0v) is 14.9. The molecule has 2 aliphatic carbocycles. The van der Waals surface area contributed by atoms with Crippen LogP contribution in [0.5, 0.6) is 0 Å². The first-order valence-electron chi connectivity index (χ1n) is 9.33. The van der Waals surface area contributed by atoms with E-state index in [2.05, 4.69) is 0 Å². The summed E-state index contributed by atoms with van der Waals surface area (Å²) in [4.78, 5) is 25.2. The second kappa shape index (κ2) is 5.45. The van der Waals surface area contributed by atoms with Crippen LogP contribution in [0.15, 0.2) is 35.2 Å². The number of carbonyl (C=O) groups is 2. The molecule has 3 heterocycles. The Kier molecular flexibility index (Phi) is 3.44. The van der Waals surface area contributed by atoms with Crippen LogP contribution in [0.3, 0.4) is 0 Å². The normalized spacial score (nSPS) is 48.3. The average Bonchev–Trinajstić information content (AvgIpc) is 3.27. The Labute approximate surface area is 155 Å². The number of furan rings is 1. The Balaban J connectivity index is 1.64. The van der Waals surface area contributed by atoms with Gasteiger partial charge in [-0.1, -0.05) is 19.1 Å². The zero-order valence-electron chi connectivity index (χ0n) is 14.9. The van der Waals surface area contributed by atoms with Crippen molar-refractivity contribution >= 4 is 11.9 Å². The fraction of sp³-hybridized carbons (Fsp3) is 0.600. The first-order chi connectivity index (χ1) is 12.9. The topological polar surface area (TPSA) is 106 Å². The van der Waals surface area contributed by atoms with Gasteiger partial charge >= 0.3 is 11.9 Å². The van der Waals surface area contributed by atoms with Crippen LogP contribution in [-0.2, 0) is 19.1 Å². The molecule has 5 rings (SSSR count). The molecule has 4 aliphatic rings. The lowest BCUT2D eigenvalue weighted by Crippen LogP contribution is -2.66. The molecule has 0 amide bonds. The molecule has 0 aromatic carbocycles. The van der Waals surface area contributed by atoms with Crippen LogP contribution in [0.1, 0.15) is 31.4 Å². The van der Waals surface area contributed by atoms with Gasteiger partial charge in [-0.3, -0.25) is 9.59 Å². The predicted molar refractivity (Wildman–Crippen MR) is 89.9 cm³/mol. The van der Waals surface area contributed by atoms with E-state index in [4.69, 9.17) is 13.9 Å². The van der Waals surface area contributed by atoms with Crippen molar-refractivity contribution in [2.45, 2.75) is 38.1 Å². The molecule has 144 valence electrons. The SMILES string of the molecule is CC12C(CCC34COC(=O)C3C=CC(O)C41)C(=O)OC(c1ccoc1)C2O. The Morgan fingerprint density at radius 3 is 2.74 bits per heavy atom. The highest BCUT2D eigenvalue weighted by Crippen LogP contribution is 2.66. The summed E-state index contributed by atoms with van der Waals surface area (Å²) >= 11 is 0. The molecular weight excluding hydrogens is 352 g/mol. The quantitative estimate of drug-likeness (QED) is 0.565. The molecule has 1 aromatic heterocycles. The number of fused-ring (bicyclic) bond motifs is 2. The van der Waals surface area contributed by atoms with Crippen molar-refractivity contribution in [2.24, 2.45) is 28.6 Å². The van der Waals surface area contributed by atoms with E-state index in [0.29, 0.717) is 18.4 Å². The highest BCUT2D eigenvalue weighted by molar-refractivity contribution is 5.79. The first-order valence-corrected chi connectivity index (χ1v) is 9.33. The number of carbonyl (C=O) groups excluding carboxylic acids is 2. The lowest BCUT2D eigenvalue weighted by atomic mass is 9.43. The number of hydrogen-bond donors (Lipinski definition) is 2. The molecule has 0 radical (unpaired) electrons. The van der Waals surface area contributed by atoms with Crippen LogP contribution in [0.25, 0.3) is 0 Å². The van der Waals surface area contributed by atoms with Crippen molar-refractivity contribution in [3.8, 4) is 0 Å². The lowest BCUT2D eigenvalue weighted by Gasteiger charge is -2.61. The maximum Gasteiger partial charge on any atom is 0.313 e. The second-order valence-corrected chi connectivity index (χ2v) is 8.49. The van der Waals surface area contributed by atoms with Gasteiger partial charge in [0, 0.05) is 22.3 Å². The third-order valence-corrected chi connectivity index (χ3v) is 7.46. The van der Waals surface area contributed by atoms with Gasteiger partial charge in [0.15, 0.2) is 6.10 Å². The van der Waals surface area contributed by atoms with E-state index in [1.54, 1.807) is 18.2 Å². The van der Waals surface area contributed by atoms with Crippen LogP contribution >= 0.6 is 0 Å². The molecule has 1 aromatic rings. The summed E-state index contributed by atoms with van der Waals surface area (Å²) in [7, 11) is 0. The van der Waals surface area contributed by atoms with Gasteiger partial charge in [0.2, 0.25) is 0 Å². The molecule has 3 fully saturated rings. The van der Waals surface area contributed by atoms with Crippen molar-refractivity contribution < 1.29 is 33.7 Å². The van der Waals surface area contributed by atoms with Crippen LogP contribution in [0.2, 0.25) is 0 Å². The Morgan fingerprint density at radius 2 is 2.00 bits per heavy atom. The number of ether oxygens (including phenoxy) is 2. The van der Waals surface area contributed by atoms with Crippen molar-refractivity contribution in [3.63, 3.8) is 0 Å². The minimum Gasteiger partial charge on any atom is -0.472 e. The van der Waals surface area contributed by atoms with E-state index in [9.17, 15) is 19.8 Å². The van der Waals surface area contributed by atoms with Gasteiger partial charge < -0.3 is 24.1 Å². The minimum atomic E-state index is -1.04. The molecule has 27 heavy (non-hydrogen) atoms. The number of hydrogen-bond acceptors (Lipinski definition) is 7. The number of aliphatic hydroxyl groups is 2. The van der Waals surface area contributed by atoms with E-state index in [0.717, 1.165) is 0 Å². The first kappa shape index (κ1) is 17.0. The van der Waals surface area contributed by atoms with Gasteiger partial charge in [-0.25, -0.2) is 0 Å². The van der Waals surface area contributed by atoms with E-state index >= 15 is 0 Å². The molecule has 7 nitrogen and oxygen atoms in total. The van der Waals surface area contributed by atoms with Gasteiger partial charge in [-0.2, -0.15) is 0 Å². The third kappa shape index (κ3) is 1.99. The summed E-state index contributed by atoms with van der Waals surface area (Å²) in [6, 6.07) is 1.66. The Hall–Kier alpha value is -2.12. The summed E-state index contributed by atoms with van der Waals surface area (Å²) in [6.45, 7) is 2.03. The van der Waals surface area contributed by atoms with Crippen molar-refractivity contribution in [1.29, 1.82) is 0 Å². The Bertz CT molecular complexity index is 814. The number of cyclic esters (lactones) is 2. The van der Waals surface area contributed by atoms with E-state index in [1.165, 1.54) is 12.5 Å². The van der Waals surface area contributed by atoms with Crippen molar-refractivity contribution in [1.82, 2.24) is 0 Å². The summed E-state index contributed by atoms with van der Waals surface area (Å²) in [5, 5.41) is 22.3. The van der Waals surface area contributed by atoms with Gasteiger partial charge in [-0.15, -0.1) is 0 Å². The highest BCUT2D eigenvalue weighted by atomic mass is 16.6. The largest absolute Gasteiger partial charge is 0.472 e. The molecule has 7 heteroatoms. The monoisotopic (exact) mass is 374 g/mol. The zero-order chi connectivity index (χ0) is 19.0. The number of aliphatic hydroxyl groups excluding tert-OH is 2. The number of rotatable bonds is 1. The minimum absolute atomic E-state index is 0.197. The number of esters is 2. The van der Waals surface area contributed by atoms with Crippen LogP contribution in [0, 0.1) is 28.6 Å². The van der Waals surface area contributed by atoms with Gasteiger partial charge in [0.1, 0.15) is 6.10 Å². The third-order valence-electron chi connectivity index (χ3n) is 7.46. The molecule has 1 saturated carbocycles. The molecule has 0 bridgehead atoms. The summed E-state index contributed by atoms with van der Waals surface area (Å²) in [5.41, 5.74) is -1.01. The van der Waals surface area contributed by atoms with Crippen LogP contribution < -0.4 is 0 Å². The highest BCUT2D eigenvalue weighted by Gasteiger charge is 2.71. The summed E-state index contributed by atoms with van der Waals surface area (Å²) in [5.74, 6) is -2.19. The fourth-order valence-corrected chi connectivity index (χ4v) is 6.21. The van der Waals surface area contributed by atoms with Crippen LogP contribution in [0.4, 0.5) is 0 Å². The standard InChI is InChI=1S/C20H22O7/c1-19-11(18(24)27-14(16(19)22)10-5-7-25-8-10)4-6-20-9-26-17(23)12(20)2-3-13(21)15(19)20/h2-3,5,7-8,11-16,21-22H,4,6,9H2,1H3. The lowest BCUT2D eigenvalue weighted by molar-refractivity contribution is -0.242. The van der Waals surface area contributed by atoms with E-state index < -0.39 is 46.9 Å². The summed E-state index contributed by atoms with van der Waals surface area (Å²) in [6.07, 6.45) is 4.49. The smallest absolute Gasteiger partial charge is 0.313 e. The molecule has 2 saturated heterocycles. The predicted octanol–water partition coefficient (Wildman–Crippen LogP) is 1.36. The molecule has 8 unspecified atom stereocenters. The van der Waals surface area contributed by atoms with Gasteiger partial charge in [0.05, 0.1) is 37.1 Å².